The maximum absolute atomic E-state index is 12.3. The third kappa shape index (κ3) is 10.0. The highest BCUT2D eigenvalue weighted by atomic mass is 35.5. The average molecular weight is 528 g/mol. The molecular formula is C24H31Cl2N3O6. The van der Waals surface area contributed by atoms with Gasteiger partial charge in [-0.05, 0) is 62.2 Å². The van der Waals surface area contributed by atoms with E-state index in [0.29, 0.717) is 42.4 Å². The first kappa shape index (κ1) is 30.0. The molecule has 2 amide bonds. The van der Waals surface area contributed by atoms with Crippen LogP contribution in [0.3, 0.4) is 0 Å². The molecule has 9 nitrogen and oxygen atoms in total. The number of nitrogens with one attached hydrogen (secondary N) is 1. The summed E-state index contributed by atoms with van der Waals surface area (Å²) < 4.78 is 15.6. The quantitative estimate of drug-likeness (QED) is 0.339. The first-order valence-electron chi connectivity index (χ1n) is 10.7. The average Bonchev–Trinajstić information content (AvgIpc) is 2.80. The molecule has 2 aromatic carbocycles. The van der Waals surface area contributed by atoms with Gasteiger partial charge in [0.25, 0.3) is 5.91 Å². The number of nitrogens with two attached hydrogens (primary N) is 1. The molecule has 3 N–H and O–H groups in total. The summed E-state index contributed by atoms with van der Waals surface area (Å²) in [6, 6.07) is 13.8. The maximum Gasteiger partial charge on any atom is 0.412 e. The number of hydrogen-bond acceptors (Lipinski definition) is 7. The molecule has 0 bridgehead atoms. The van der Waals surface area contributed by atoms with Crippen LogP contribution in [0.15, 0.2) is 48.5 Å². The van der Waals surface area contributed by atoms with E-state index in [9.17, 15) is 14.4 Å². The fourth-order valence-electron chi connectivity index (χ4n) is 2.79. The number of ether oxygens (including phenoxy) is 3. The fourth-order valence-corrected chi connectivity index (χ4v) is 2.91. The number of benzene rings is 2. The van der Waals surface area contributed by atoms with E-state index < -0.39 is 24.5 Å². The number of rotatable bonds is 11. The highest BCUT2D eigenvalue weighted by Gasteiger charge is 2.32. The van der Waals surface area contributed by atoms with E-state index in [2.05, 4.69) is 5.32 Å². The molecule has 35 heavy (non-hydrogen) atoms. The molecule has 0 aromatic heterocycles. The largest absolute Gasteiger partial charge is 0.476 e. The van der Waals surface area contributed by atoms with Crippen molar-refractivity contribution in [3.8, 4) is 5.75 Å². The Hall–Kier alpha value is -3.01. The van der Waals surface area contributed by atoms with Crippen LogP contribution in [-0.4, -0.2) is 61.9 Å². The monoisotopic (exact) mass is 527 g/mol. The van der Waals surface area contributed by atoms with Crippen LogP contribution in [0.4, 0.5) is 4.79 Å². The molecule has 0 saturated carbocycles. The van der Waals surface area contributed by atoms with Gasteiger partial charge in [-0.2, -0.15) is 0 Å². The van der Waals surface area contributed by atoms with Crippen molar-refractivity contribution < 1.29 is 28.6 Å². The van der Waals surface area contributed by atoms with E-state index >= 15 is 0 Å². The summed E-state index contributed by atoms with van der Waals surface area (Å²) in [4.78, 5) is 37.4. The smallest absolute Gasteiger partial charge is 0.412 e. The van der Waals surface area contributed by atoms with Crippen LogP contribution >= 0.6 is 24.0 Å². The normalized spacial score (nSPS) is 10.5. The number of hydrogen-bond donors (Lipinski definition) is 2. The Balaban J connectivity index is 0.00000612. The Morgan fingerprint density at radius 3 is 2.26 bits per heavy atom. The molecule has 0 aliphatic rings. The van der Waals surface area contributed by atoms with Crippen molar-refractivity contribution >= 4 is 42.0 Å². The van der Waals surface area contributed by atoms with Crippen LogP contribution in [0.5, 0.6) is 5.75 Å². The Morgan fingerprint density at radius 1 is 1.03 bits per heavy atom. The second-order valence-corrected chi connectivity index (χ2v) is 8.38. The van der Waals surface area contributed by atoms with Crippen molar-refractivity contribution in [1.29, 1.82) is 0 Å². The minimum absolute atomic E-state index is 0. The molecule has 0 atom stereocenters. The molecule has 0 unspecified atom stereocenters. The van der Waals surface area contributed by atoms with Crippen LogP contribution in [0, 0.1) is 0 Å². The second kappa shape index (κ2) is 14.4. The maximum atomic E-state index is 12.3. The third-order valence-corrected chi connectivity index (χ3v) is 4.99. The van der Waals surface area contributed by atoms with Gasteiger partial charge >= 0.3 is 12.1 Å². The number of carbonyl (C=O) groups is 3. The summed E-state index contributed by atoms with van der Waals surface area (Å²) in [6.07, 6.45) is -0.0217. The lowest BCUT2D eigenvalue weighted by Crippen LogP contribution is -2.40. The Labute approximate surface area is 216 Å². The summed E-state index contributed by atoms with van der Waals surface area (Å²) in [5.41, 5.74) is 5.60. The number of halogens is 2. The minimum Gasteiger partial charge on any atom is -0.476 e. The standard InChI is InChI=1S/C24H30ClN3O6.ClH/c1-24(2,22(30)32-16-33-23(31)28(3)15-13-26)34-20-10-4-17(5-11-20)12-14-27-21(29)18-6-8-19(25)9-7-18;/h4-11H,12-16,26H2,1-3H3,(H,27,29);1H. The highest BCUT2D eigenvalue weighted by Crippen LogP contribution is 2.20. The van der Waals surface area contributed by atoms with Gasteiger partial charge in [-0.1, -0.05) is 23.7 Å². The molecule has 0 fully saturated rings. The van der Waals surface area contributed by atoms with Gasteiger partial charge in [-0.15, -0.1) is 12.4 Å². The zero-order chi connectivity index (χ0) is 25.1. The SMILES string of the molecule is CN(CCN)C(=O)OCOC(=O)C(C)(C)Oc1ccc(CCNC(=O)c2ccc(Cl)cc2)cc1.Cl. The summed E-state index contributed by atoms with van der Waals surface area (Å²) >= 11 is 5.83. The van der Waals surface area contributed by atoms with E-state index in [1.807, 2.05) is 12.1 Å². The minimum atomic E-state index is -1.30. The van der Waals surface area contributed by atoms with E-state index in [1.165, 1.54) is 11.9 Å². The van der Waals surface area contributed by atoms with Crippen LogP contribution in [0.2, 0.25) is 5.02 Å². The zero-order valence-electron chi connectivity index (χ0n) is 19.9. The van der Waals surface area contributed by atoms with Gasteiger partial charge in [0, 0.05) is 37.3 Å². The molecule has 0 spiro atoms. The lowest BCUT2D eigenvalue weighted by molar-refractivity contribution is -0.168. The van der Waals surface area contributed by atoms with Crippen molar-refractivity contribution in [2.24, 2.45) is 5.73 Å². The number of amides is 2. The summed E-state index contributed by atoms with van der Waals surface area (Å²) in [7, 11) is 1.53. The molecule has 192 valence electrons. The number of nitrogens with zero attached hydrogens (tertiary/aromatic N) is 1. The molecule has 11 heteroatoms. The molecule has 2 rings (SSSR count). The first-order valence-corrected chi connectivity index (χ1v) is 11.1. The van der Waals surface area contributed by atoms with Crippen LogP contribution < -0.4 is 15.8 Å². The van der Waals surface area contributed by atoms with Crippen LogP contribution in [0.1, 0.15) is 29.8 Å². The molecule has 0 saturated heterocycles. The van der Waals surface area contributed by atoms with Crippen molar-refractivity contribution in [1.82, 2.24) is 10.2 Å². The Kier molecular flexibility index (Phi) is 12.4. The molecule has 2 aromatic rings. The van der Waals surface area contributed by atoms with Crippen molar-refractivity contribution in [3.05, 3.63) is 64.7 Å². The molecular weight excluding hydrogens is 497 g/mol. The van der Waals surface area contributed by atoms with Crippen LogP contribution in [0.25, 0.3) is 0 Å². The Bertz CT molecular complexity index is 968. The van der Waals surface area contributed by atoms with Crippen molar-refractivity contribution in [2.75, 3.05) is 33.5 Å². The predicted molar refractivity (Wildman–Crippen MR) is 135 cm³/mol. The van der Waals surface area contributed by atoms with Gasteiger partial charge in [-0.25, -0.2) is 9.59 Å². The fraction of sp³-hybridized carbons (Fsp3) is 0.375. The predicted octanol–water partition coefficient (Wildman–Crippen LogP) is 3.42. The van der Waals surface area contributed by atoms with Gasteiger partial charge in [0.2, 0.25) is 6.79 Å². The number of esters is 1. The molecule has 0 aliphatic heterocycles. The molecule has 0 radical (unpaired) electrons. The van der Waals surface area contributed by atoms with E-state index in [4.69, 9.17) is 31.5 Å². The number of likely N-dealkylation sites (N-methyl/N-ethyl adjacent to an activating group) is 1. The van der Waals surface area contributed by atoms with Gasteiger partial charge < -0.3 is 30.2 Å². The molecule has 0 heterocycles. The van der Waals surface area contributed by atoms with Crippen molar-refractivity contribution in [2.45, 2.75) is 25.9 Å². The topological polar surface area (TPSA) is 120 Å². The number of carbonyl (C=O) groups excluding carboxylic acids is 3. The lowest BCUT2D eigenvalue weighted by atomic mass is 10.1. The first-order chi connectivity index (χ1) is 16.1. The second-order valence-electron chi connectivity index (χ2n) is 7.94. The van der Waals surface area contributed by atoms with E-state index in [-0.39, 0.29) is 18.3 Å². The van der Waals surface area contributed by atoms with E-state index in [0.717, 1.165) is 5.56 Å². The van der Waals surface area contributed by atoms with Gasteiger partial charge in [0.15, 0.2) is 5.60 Å². The van der Waals surface area contributed by atoms with Crippen molar-refractivity contribution in [3.63, 3.8) is 0 Å². The van der Waals surface area contributed by atoms with Gasteiger partial charge in [0.1, 0.15) is 5.75 Å². The zero-order valence-corrected chi connectivity index (χ0v) is 21.5. The lowest BCUT2D eigenvalue weighted by Gasteiger charge is -2.24. The van der Waals surface area contributed by atoms with Gasteiger partial charge in [-0.3, -0.25) is 4.79 Å². The third-order valence-electron chi connectivity index (χ3n) is 4.74. The molecule has 0 aliphatic carbocycles. The highest BCUT2D eigenvalue weighted by molar-refractivity contribution is 6.30. The summed E-state index contributed by atoms with van der Waals surface area (Å²) in [5.74, 6) is -0.389. The summed E-state index contributed by atoms with van der Waals surface area (Å²) in [5, 5.41) is 3.43. The summed E-state index contributed by atoms with van der Waals surface area (Å²) in [6.45, 7) is 3.66. The Morgan fingerprint density at radius 2 is 1.66 bits per heavy atom. The van der Waals surface area contributed by atoms with E-state index in [1.54, 1.807) is 50.2 Å². The van der Waals surface area contributed by atoms with Crippen LogP contribution in [-0.2, 0) is 20.7 Å². The van der Waals surface area contributed by atoms with Gasteiger partial charge in [0.05, 0.1) is 0 Å².